The number of aromatic hydroxyl groups is 1. The molecule has 4 atom stereocenters. The van der Waals surface area contributed by atoms with Crippen molar-refractivity contribution in [2.75, 3.05) is 14.1 Å². The SMILES string of the molecule is CN(C)[C@@H]1C(O)=C(C(N)=O)C(=O)[C@@]2(O)C(O)=C3C(=O)c4c(O)ccc(-c5cccc(CNCc6ccccc6)c5)c4C[C@H]3C[C@@H]12. The van der Waals surface area contributed by atoms with Crippen LogP contribution in [0.15, 0.2) is 89.4 Å². The minimum atomic E-state index is -2.67. The van der Waals surface area contributed by atoms with E-state index in [0.717, 1.165) is 22.3 Å². The topological polar surface area (TPSA) is 173 Å². The Morgan fingerprint density at radius 2 is 1.67 bits per heavy atom. The normalized spacial score (nSPS) is 24.4. The van der Waals surface area contributed by atoms with Gasteiger partial charge in [-0.15, -0.1) is 0 Å². The molecule has 0 bridgehead atoms. The zero-order valence-corrected chi connectivity index (χ0v) is 24.9. The number of amides is 1. The van der Waals surface area contributed by atoms with E-state index in [-0.39, 0.29) is 29.7 Å². The maximum absolute atomic E-state index is 14.1. The summed E-state index contributed by atoms with van der Waals surface area (Å²) in [5.41, 5.74) is 6.07. The molecule has 0 unspecified atom stereocenters. The fourth-order valence-electron chi connectivity index (χ4n) is 7.32. The number of phenols is 1. The predicted octanol–water partition coefficient (Wildman–Crippen LogP) is 3.08. The molecule has 0 saturated heterocycles. The van der Waals surface area contributed by atoms with Gasteiger partial charge in [0.1, 0.15) is 22.8 Å². The summed E-state index contributed by atoms with van der Waals surface area (Å²) in [5.74, 6) is -6.70. The van der Waals surface area contributed by atoms with Gasteiger partial charge in [-0.25, -0.2) is 0 Å². The molecule has 45 heavy (non-hydrogen) atoms. The average Bonchev–Trinajstić information content (AvgIpc) is 2.99. The highest BCUT2D eigenvalue weighted by Gasteiger charge is 2.63. The van der Waals surface area contributed by atoms with Crippen molar-refractivity contribution < 1.29 is 34.8 Å². The van der Waals surface area contributed by atoms with Crippen LogP contribution >= 0.6 is 0 Å². The molecule has 0 radical (unpaired) electrons. The zero-order valence-electron chi connectivity index (χ0n) is 24.9. The molecule has 3 aromatic rings. The van der Waals surface area contributed by atoms with Crippen LogP contribution in [0.5, 0.6) is 5.75 Å². The highest BCUT2D eigenvalue weighted by atomic mass is 16.3. The Labute approximate surface area is 260 Å². The van der Waals surface area contributed by atoms with Crippen LogP contribution in [0.25, 0.3) is 11.1 Å². The molecule has 0 fully saturated rings. The lowest BCUT2D eigenvalue weighted by Crippen LogP contribution is -2.63. The number of nitrogens with two attached hydrogens (primary N) is 1. The van der Waals surface area contributed by atoms with Crippen LogP contribution in [-0.4, -0.2) is 68.5 Å². The first-order valence-electron chi connectivity index (χ1n) is 14.8. The Kier molecular flexibility index (Phi) is 7.60. The van der Waals surface area contributed by atoms with E-state index < -0.39 is 58.0 Å². The lowest BCUT2D eigenvalue weighted by molar-refractivity contribution is -0.148. The maximum atomic E-state index is 14.1. The number of rotatable bonds is 7. The van der Waals surface area contributed by atoms with Crippen molar-refractivity contribution in [3.8, 4) is 16.9 Å². The van der Waals surface area contributed by atoms with E-state index in [4.69, 9.17) is 5.73 Å². The zero-order chi connectivity index (χ0) is 32.2. The number of benzene rings is 3. The maximum Gasteiger partial charge on any atom is 0.255 e. The summed E-state index contributed by atoms with van der Waals surface area (Å²) in [6.07, 6.45) is 0.249. The lowest BCUT2D eigenvalue weighted by Gasteiger charge is -2.50. The number of aliphatic hydroxyl groups excluding tert-OH is 2. The van der Waals surface area contributed by atoms with E-state index in [9.17, 15) is 34.8 Å². The molecular weight excluding hydrogens is 574 g/mol. The number of aliphatic hydroxyl groups is 3. The van der Waals surface area contributed by atoms with Crippen LogP contribution in [-0.2, 0) is 29.1 Å². The van der Waals surface area contributed by atoms with Gasteiger partial charge >= 0.3 is 0 Å². The summed E-state index contributed by atoms with van der Waals surface area (Å²) >= 11 is 0. The molecule has 6 rings (SSSR count). The molecule has 10 heteroatoms. The molecule has 10 nitrogen and oxygen atoms in total. The molecule has 0 heterocycles. The standard InChI is InChI=1S/C35H35N3O7/c1-38(2)29-24-15-21-14-23-22(20-10-6-9-19(13-20)17-37-16-18-7-4-3-5-8-18)11-12-25(39)27(23)30(40)26(21)32(42)35(24,45)33(43)28(31(29)41)34(36)44/h3-13,21,24,29,37,39,41-42,45H,14-17H2,1-2H3,(H2,36,44)/t21-,24-,29-,35-/m0/s1. The molecule has 7 N–H and O–H groups in total. The number of primary amides is 1. The Morgan fingerprint density at radius 1 is 0.978 bits per heavy atom. The second kappa shape index (κ2) is 11.3. The third-order valence-corrected chi connectivity index (χ3v) is 9.35. The van der Waals surface area contributed by atoms with Gasteiger partial charge in [0.2, 0.25) is 5.78 Å². The number of hydrogen-bond acceptors (Lipinski definition) is 9. The van der Waals surface area contributed by atoms with Crippen molar-refractivity contribution in [3.05, 3.63) is 112 Å². The van der Waals surface area contributed by atoms with Crippen LogP contribution in [0.3, 0.4) is 0 Å². The number of nitrogens with one attached hydrogen (secondary N) is 1. The molecule has 3 aliphatic rings. The van der Waals surface area contributed by atoms with Gasteiger partial charge in [0, 0.05) is 24.6 Å². The van der Waals surface area contributed by atoms with Crippen molar-refractivity contribution in [2.24, 2.45) is 17.6 Å². The predicted molar refractivity (Wildman–Crippen MR) is 166 cm³/mol. The first-order valence-corrected chi connectivity index (χ1v) is 14.8. The second-order valence-electron chi connectivity index (χ2n) is 12.2. The number of likely N-dealkylation sites (N-methyl/N-ethyl adjacent to an activating group) is 1. The van der Waals surface area contributed by atoms with E-state index in [0.29, 0.717) is 18.7 Å². The Morgan fingerprint density at radius 3 is 2.36 bits per heavy atom. The average molecular weight is 610 g/mol. The van der Waals surface area contributed by atoms with Crippen molar-refractivity contribution >= 4 is 17.5 Å². The van der Waals surface area contributed by atoms with E-state index >= 15 is 0 Å². The van der Waals surface area contributed by atoms with Crippen molar-refractivity contribution in [1.29, 1.82) is 0 Å². The van der Waals surface area contributed by atoms with E-state index in [1.165, 1.54) is 11.0 Å². The lowest BCUT2D eigenvalue weighted by atomic mass is 9.58. The minimum Gasteiger partial charge on any atom is -0.510 e. The van der Waals surface area contributed by atoms with Gasteiger partial charge in [-0.05, 0) is 72.8 Å². The third kappa shape index (κ3) is 4.82. The molecule has 0 aromatic heterocycles. The summed E-state index contributed by atoms with van der Waals surface area (Å²) in [4.78, 5) is 41.3. The number of fused-ring (bicyclic) bond motifs is 3. The van der Waals surface area contributed by atoms with Gasteiger partial charge in [-0.1, -0.05) is 54.6 Å². The molecule has 3 aliphatic carbocycles. The second-order valence-corrected chi connectivity index (χ2v) is 12.2. The summed E-state index contributed by atoms with van der Waals surface area (Å²) in [7, 11) is 3.20. The molecule has 232 valence electrons. The highest BCUT2D eigenvalue weighted by molar-refractivity contribution is 6.24. The van der Waals surface area contributed by atoms with E-state index in [1.54, 1.807) is 20.2 Å². The van der Waals surface area contributed by atoms with Crippen molar-refractivity contribution in [1.82, 2.24) is 10.2 Å². The van der Waals surface area contributed by atoms with Crippen molar-refractivity contribution in [3.63, 3.8) is 0 Å². The summed E-state index contributed by atoms with van der Waals surface area (Å²) in [6.45, 7) is 1.31. The monoisotopic (exact) mass is 609 g/mol. The molecular formula is C35H35N3O7. The number of allylic oxidation sites excluding steroid dienone is 1. The fourth-order valence-corrected chi connectivity index (χ4v) is 7.32. The summed E-state index contributed by atoms with van der Waals surface area (Å²) in [6, 6.07) is 20.1. The Hall–Kier alpha value is -4.77. The smallest absolute Gasteiger partial charge is 0.255 e. The first-order chi connectivity index (χ1) is 21.4. The van der Waals surface area contributed by atoms with Gasteiger partial charge < -0.3 is 31.5 Å². The highest BCUT2D eigenvalue weighted by Crippen LogP contribution is 2.53. The van der Waals surface area contributed by atoms with Gasteiger partial charge in [0.05, 0.1) is 11.6 Å². The number of Topliss-reactive ketones (excluding diaryl/α,β-unsaturated/α-hetero) is 2. The molecule has 0 aliphatic heterocycles. The van der Waals surface area contributed by atoms with Crippen LogP contribution in [0.2, 0.25) is 0 Å². The van der Waals surface area contributed by atoms with Crippen LogP contribution in [0.1, 0.15) is 33.5 Å². The van der Waals surface area contributed by atoms with Gasteiger partial charge in [0.25, 0.3) is 5.91 Å². The summed E-state index contributed by atoms with van der Waals surface area (Å²) < 4.78 is 0. The summed E-state index contributed by atoms with van der Waals surface area (Å²) in [5, 5.41) is 48.6. The van der Waals surface area contributed by atoms with Gasteiger partial charge in [-0.3, -0.25) is 19.3 Å². The Bertz CT molecular complexity index is 1800. The minimum absolute atomic E-state index is 0.0131. The number of carbonyl (C=O) groups is 3. The van der Waals surface area contributed by atoms with Gasteiger partial charge in [0.15, 0.2) is 11.4 Å². The Balaban J connectivity index is 1.39. The van der Waals surface area contributed by atoms with Crippen LogP contribution in [0.4, 0.5) is 0 Å². The quantitative estimate of drug-likeness (QED) is 0.220. The molecule has 0 saturated carbocycles. The largest absolute Gasteiger partial charge is 0.510 e. The number of ketones is 2. The number of nitrogens with zero attached hydrogens (tertiary/aromatic N) is 1. The first kappa shape index (κ1) is 30.3. The van der Waals surface area contributed by atoms with Crippen LogP contribution < -0.4 is 11.1 Å². The van der Waals surface area contributed by atoms with Crippen LogP contribution in [0, 0.1) is 11.8 Å². The molecule has 1 amide bonds. The molecule has 3 aromatic carbocycles. The third-order valence-electron chi connectivity index (χ3n) is 9.35. The fraction of sp³-hybridized carbons (Fsp3) is 0.286. The van der Waals surface area contributed by atoms with Gasteiger partial charge in [-0.2, -0.15) is 0 Å². The number of carbonyl (C=O) groups excluding carboxylic acids is 3. The van der Waals surface area contributed by atoms with E-state index in [1.807, 2.05) is 54.6 Å². The number of phenolic OH excluding ortho intramolecular Hbond substituents is 1. The molecule has 0 spiro atoms. The van der Waals surface area contributed by atoms with Crippen molar-refractivity contribution in [2.45, 2.75) is 37.6 Å². The number of hydrogen-bond donors (Lipinski definition) is 6. The van der Waals surface area contributed by atoms with E-state index in [2.05, 4.69) is 5.32 Å².